The molecule has 26 heavy (non-hydrogen) atoms. The lowest BCUT2D eigenvalue weighted by atomic mass is 10.1. The van der Waals surface area contributed by atoms with Crippen molar-refractivity contribution in [3.8, 4) is 5.75 Å². The molecule has 2 aromatic rings. The Bertz CT molecular complexity index is 702. The number of hydrogen-bond donors (Lipinski definition) is 2. The fraction of sp³-hybridized carbons (Fsp3) is 0.300. The van der Waals surface area contributed by atoms with E-state index in [0.717, 1.165) is 16.9 Å². The minimum Gasteiger partial charge on any atom is -0.497 e. The van der Waals surface area contributed by atoms with E-state index in [0.29, 0.717) is 13.0 Å². The predicted molar refractivity (Wildman–Crippen MR) is 98.5 cm³/mol. The van der Waals surface area contributed by atoms with Crippen LogP contribution in [0, 0.1) is 0 Å². The zero-order chi connectivity index (χ0) is 18.8. The highest BCUT2D eigenvalue weighted by molar-refractivity contribution is 5.86. The van der Waals surface area contributed by atoms with Gasteiger partial charge in [0.2, 0.25) is 5.91 Å². The number of ether oxygens (including phenoxy) is 2. The van der Waals surface area contributed by atoms with Gasteiger partial charge in [0, 0.05) is 6.54 Å². The van der Waals surface area contributed by atoms with Crippen molar-refractivity contribution in [2.24, 2.45) is 5.73 Å². The highest BCUT2D eigenvalue weighted by Gasteiger charge is 2.18. The molecular formula is C20H24N2O4. The maximum absolute atomic E-state index is 12.0. The first-order valence-electron chi connectivity index (χ1n) is 8.44. The van der Waals surface area contributed by atoms with Crippen molar-refractivity contribution in [2.75, 3.05) is 13.7 Å². The first-order valence-corrected chi connectivity index (χ1v) is 8.44. The minimum absolute atomic E-state index is 0.152. The molecule has 0 heterocycles. The van der Waals surface area contributed by atoms with Gasteiger partial charge in [-0.3, -0.25) is 9.59 Å². The normalized spacial score (nSPS) is 11.5. The van der Waals surface area contributed by atoms with Crippen LogP contribution in [0.2, 0.25) is 0 Å². The molecule has 2 rings (SSSR count). The average molecular weight is 356 g/mol. The van der Waals surface area contributed by atoms with Crippen LogP contribution in [-0.2, 0) is 27.4 Å². The molecule has 1 atom stereocenters. The second-order valence-electron chi connectivity index (χ2n) is 5.85. The fourth-order valence-corrected chi connectivity index (χ4v) is 2.32. The quantitative estimate of drug-likeness (QED) is 0.669. The summed E-state index contributed by atoms with van der Waals surface area (Å²) in [5.74, 6) is -0.0735. The highest BCUT2D eigenvalue weighted by atomic mass is 16.5. The van der Waals surface area contributed by atoms with Gasteiger partial charge in [-0.05, 0) is 29.7 Å². The molecule has 0 fully saturated rings. The van der Waals surface area contributed by atoms with E-state index in [2.05, 4.69) is 5.32 Å². The zero-order valence-corrected chi connectivity index (χ0v) is 14.8. The maximum Gasteiger partial charge on any atom is 0.308 e. The molecular weight excluding hydrogens is 332 g/mol. The van der Waals surface area contributed by atoms with Crippen LogP contribution in [0.4, 0.5) is 0 Å². The molecule has 138 valence electrons. The van der Waals surface area contributed by atoms with Crippen LogP contribution in [0.25, 0.3) is 0 Å². The van der Waals surface area contributed by atoms with Gasteiger partial charge in [-0.1, -0.05) is 42.5 Å². The van der Waals surface area contributed by atoms with E-state index in [1.165, 1.54) is 0 Å². The lowest BCUT2D eigenvalue weighted by molar-refractivity contribution is -0.146. The number of amides is 1. The molecule has 0 aromatic heterocycles. The Morgan fingerprint density at radius 3 is 2.38 bits per heavy atom. The van der Waals surface area contributed by atoms with Crippen LogP contribution in [0.5, 0.6) is 5.75 Å². The van der Waals surface area contributed by atoms with Gasteiger partial charge in [0.05, 0.1) is 19.6 Å². The standard InChI is InChI=1S/C20H24N2O4/c1-25-17-9-7-15(8-10-17)11-12-22-20(24)18(21)13-19(23)26-14-16-5-3-2-4-6-16/h2-10,18H,11-14,21H2,1H3,(H,22,24). The maximum atomic E-state index is 12.0. The molecule has 0 saturated carbocycles. The number of carbonyl (C=O) groups is 2. The molecule has 0 bridgehead atoms. The molecule has 0 saturated heterocycles. The molecule has 0 aliphatic rings. The summed E-state index contributed by atoms with van der Waals surface area (Å²) in [6.45, 7) is 0.614. The number of rotatable bonds is 9. The van der Waals surface area contributed by atoms with E-state index in [-0.39, 0.29) is 18.9 Å². The van der Waals surface area contributed by atoms with Gasteiger partial charge in [0.25, 0.3) is 0 Å². The van der Waals surface area contributed by atoms with E-state index in [1.807, 2.05) is 54.6 Å². The second kappa shape index (κ2) is 10.2. The third-order valence-electron chi connectivity index (χ3n) is 3.84. The van der Waals surface area contributed by atoms with Crippen LogP contribution in [0.1, 0.15) is 17.5 Å². The predicted octanol–water partition coefficient (Wildman–Crippen LogP) is 1.81. The van der Waals surface area contributed by atoms with Gasteiger partial charge in [-0.2, -0.15) is 0 Å². The van der Waals surface area contributed by atoms with Crippen molar-refractivity contribution in [3.05, 3.63) is 65.7 Å². The monoisotopic (exact) mass is 356 g/mol. The molecule has 1 amide bonds. The summed E-state index contributed by atoms with van der Waals surface area (Å²) in [6, 6.07) is 16.0. The summed E-state index contributed by atoms with van der Waals surface area (Å²) in [6.07, 6.45) is 0.516. The number of methoxy groups -OCH3 is 1. The van der Waals surface area contributed by atoms with Crippen molar-refractivity contribution in [1.29, 1.82) is 0 Å². The Balaban J connectivity index is 1.66. The van der Waals surface area contributed by atoms with Crippen LogP contribution >= 0.6 is 0 Å². The van der Waals surface area contributed by atoms with E-state index in [1.54, 1.807) is 7.11 Å². The smallest absolute Gasteiger partial charge is 0.308 e. The largest absolute Gasteiger partial charge is 0.497 e. The molecule has 1 unspecified atom stereocenters. The summed E-state index contributed by atoms with van der Waals surface area (Å²) in [5.41, 5.74) is 7.73. The molecule has 0 radical (unpaired) electrons. The van der Waals surface area contributed by atoms with E-state index in [9.17, 15) is 9.59 Å². The first-order chi connectivity index (χ1) is 12.6. The first kappa shape index (κ1) is 19.5. The second-order valence-corrected chi connectivity index (χ2v) is 5.85. The van der Waals surface area contributed by atoms with Crippen molar-refractivity contribution in [1.82, 2.24) is 5.32 Å². The Morgan fingerprint density at radius 2 is 1.73 bits per heavy atom. The summed E-state index contributed by atoms with van der Waals surface area (Å²) in [4.78, 5) is 23.8. The van der Waals surface area contributed by atoms with Crippen LogP contribution in [0.3, 0.4) is 0 Å². The van der Waals surface area contributed by atoms with Crippen molar-refractivity contribution in [2.45, 2.75) is 25.5 Å². The molecule has 6 nitrogen and oxygen atoms in total. The molecule has 0 aliphatic heterocycles. The zero-order valence-electron chi connectivity index (χ0n) is 14.8. The summed E-state index contributed by atoms with van der Waals surface area (Å²) in [5, 5.41) is 2.74. The Hall–Kier alpha value is -2.86. The third-order valence-corrected chi connectivity index (χ3v) is 3.84. The van der Waals surface area contributed by atoms with Gasteiger partial charge in [-0.25, -0.2) is 0 Å². The minimum atomic E-state index is -0.922. The number of hydrogen-bond acceptors (Lipinski definition) is 5. The van der Waals surface area contributed by atoms with E-state index < -0.39 is 12.0 Å². The Labute approximate surface area is 153 Å². The van der Waals surface area contributed by atoms with Crippen LogP contribution < -0.4 is 15.8 Å². The van der Waals surface area contributed by atoms with Crippen LogP contribution in [0.15, 0.2) is 54.6 Å². The highest BCUT2D eigenvalue weighted by Crippen LogP contribution is 2.11. The third kappa shape index (κ3) is 6.57. The van der Waals surface area contributed by atoms with Crippen molar-refractivity contribution < 1.29 is 19.1 Å². The number of nitrogens with one attached hydrogen (secondary N) is 1. The molecule has 0 aliphatic carbocycles. The number of carbonyl (C=O) groups excluding carboxylic acids is 2. The number of benzene rings is 2. The lowest BCUT2D eigenvalue weighted by Crippen LogP contribution is -2.42. The van der Waals surface area contributed by atoms with Gasteiger partial charge < -0.3 is 20.5 Å². The molecule has 3 N–H and O–H groups in total. The Kier molecular flexibility index (Phi) is 7.64. The van der Waals surface area contributed by atoms with E-state index >= 15 is 0 Å². The van der Waals surface area contributed by atoms with Gasteiger partial charge in [-0.15, -0.1) is 0 Å². The summed E-state index contributed by atoms with van der Waals surface area (Å²) >= 11 is 0. The fourth-order valence-electron chi connectivity index (χ4n) is 2.32. The topological polar surface area (TPSA) is 90.6 Å². The van der Waals surface area contributed by atoms with Crippen molar-refractivity contribution in [3.63, 3.8) is 0 Å². The van der Waals surface area contributed by atoms with Gasteiger partial charge >= 0.3 is 5.97 Å². The van der Waals surface area contributed by atoms with Gasteiger partial charge in [0.15, 0.2) is 0 Å². The molecule has 0 spiro atoms. The SMILES string of the molecule is COc1ccc(CCNC(=O)C(N)CC(=O)OCc2ccccc2)cc1. The lowest BCUT2D eigenvalue weighted by Gasteiger charge is -2.12. The number of nitrogens with two attached hydrogens (primary N) is 1. The molecule has 2 aromatic carbocycles. The van der Waals surface area contributed by atoms with Crippen LogP contribution in [-0.4, -0.2) is 31.6 Å². The van der Waals surface area contributed by atoms with E-state index in [4.69, 9.17) is 15.2 Å². The number of esters is 1. The molecule has 6 heteroatoms. The Morgan fingerprint density at radius 1 is 1.04 bits per heavy atom. The average Bonchev–Trinajstić information content (AvgIpc) is 2.67. The van der Waals surface area contributed by atoms with Gasteiger partial charge in [0.1, 0.15) is 12.4 Å². The summed E-state index contributed by atoms with van der Waals surface area (Å²) in [7, 11) is 1.61. The van der Waals surface area contributed by atoms with Crippen molar-refractivity contribution >= 4 is 11.9 Å². The summed E-state index contributed by atoms with van der Waals surface area (Å²) < 4.78 is 10.2.